The lowest BCUT2D eigenvalue weighted by molar-refractivity contribution is -0.137. The van der Waals surface area contributed by atoms with Crippen molar-refractivity contribution in [2.45, 2.75) is 52.1 Å². The maximum atomic E-state index is 13.1. The smallest absolute Gasteiger partial charge is 0.328 e. The molecular formula is C26H39N6O7P. The molecule has 6 N–H and O–H groups in total. The third-order valence-corrected chi connectivity index (χ3v) is 6.46. The number of benzene rings is 1. The molecule has 0 radical (unpaired) electrons. The van der Waals surface area contributed by atoms with Crippen LogP contribution in [0.15, 0.2) is 36.4 Å². The first-order chi connectivity index (χ1) is 18.9. The first kappa shape index (κ1) is 32.8. The minimum atomic E-state index is -4.58. The van der Waals surface area contributed by atoms with Gasteiger partial charge in [-0.3, -0.25) is 18.9 Å². The van der Waals surface area contributed by atoms with Crippen LogP contribution in [0.1, 0.15) is 50.5 Å². The summed E-state index contributed by atoms with van der Waals surface area (Å²) in [5.74, 6) is -1.22. The number of amides is 2. The molecule has 1 unspecified atom stereocenters. The Morgan fingerprint density at radius 2 is 1.75 bits per heavy atom. The Morgan fingerprint density at radius 1 is 1.10 bits per heavy atom. The van der Waals surface area contributed by atoms with E-state index < -0.39 is 37.6 Å². The highest BCUT2D eigenvalue weighted by Crippen LogP contribution is 2.35. The molecule has 220 valence electrons. The average Bonchev–Trinajstić information content (AvgIpc) is 2.91. The molecule has 3 rings (SSSR count). The van der Waals surface area contributed by atoms with Crippen LogP contribution in [0.3, 0.4) is 0 Å². The number of aromatic nitrogens is 2. The van der Waals surface area contributed by atoms with Gasteiger partial charge in [-0.05, 0) is 20.3 Å². The summed E-state index contributed by atoms with van der Waals surface area (Å²) in [4.78, 5) is 65.1. The molecule has 0 spiro atoms. The molecule has 14 heteroatoms. The summed E-state index contributed by atoms with van der Waals surface area (Å²) in [6.07, 6.45) is 1.29. The Bertz CT molecular complexity index is 1170. The van der Waals surface area contributed by atoms with Crippen LogP contribution in [0.5, 0.6) is 0 Å². The number of hydrogen-bond acceptors (Lipinski definition) is 8. The van der Waals surface area contributed by atoms with Gasteiger partial charge in [0.25, 0.3) is 5.91 Å². The van der Waals surface area contributed by atoms with Crippen molar-refractivity contribution in [3.63, 3.8) is 0 Å². The fraction of sp³-hybridized carbons (Fsp3) is 0.500. The van der Waals surface area contributed by atoms with Gasteiger partial charge < -0.3 is 35.7 Å². The van der Waals surface area contributed by atoms with Gasteiger partial charge in [0.2, 0.25) is 5.91 Å². The molecule has 40 heavy (non-hydrogen) atoms. The van der Waals surface area contributed by atoms with E-state index in [0.717, 1.165) is 12.8 Å². The summed E-state index contributed by atoms with van der Waals surface area (Å²) < 4.78 is 11.7. The molecule has 1 fully saturated rings. The summed E-state index contributed by atoms with van der Waals surface area (Å²) in [6, 6.07) is 9.21. The van der Waals surface area contributed by atoms with Crippen LogP contribution in [-0.4, -0.2) is 92.0 Å². The summed E-state index contributed by atoms with van der Waals surface area (Å²) in [6.45, 7) is 7.74. The Hall–Kier alpha value is -3.38. The number of hydrogen-bond donors (Lipinski definition) is 6. The van der Waals surface area contributed by atoms with Crippen molar-refractivity contribution in [2.24, 2.45) is 0 Å². The van der Waals surface area contributed by atoms with E-state index in [1.807, 2.05) is 39.0 Å². The number of aliphatic carboxylic acids is 1. The average molecular weight is 579 g/mol. The molecule has 0 saturated carbocycles. The number of carbonyl (C=O) groups is 3. The second kappa shape index (κ2) is 16.0. The predicted octanol–water partition coefficient (Wildman–Crippen LogP) is 1.93. The van der Waals surface area contributed by atoms with Crippen molar-refractivity contribution >= 4 is 31.2 Å². The van der Waals surface area contributed by atoms with Gasteiger partial charge in [-0.2, -0.15) is 0 Å². The fourth-order valence-corrected chi connectivity index (χ4v) is 4.46. The molecule has 0 bridgehead atoms. The molecule has 1 aliphatic rings. The fourth-order valence-electron chi connectivity index (χ4n) is 3.74. The highest BCUT2D eigenvalue weighted by Gasteiger charge is 2.33. The van der Waals surface area contributed by atoms with Crippen molar-refractivity contribution in [1.82, 2.24) is 25.5 Å². The minimum Gasteiger partial charge on any atom is -0.481 e. The molecular weight excluding hydrogens is 539 g/mol. The van der Waals surface area contributed by atoms with Crippen molar-refractivity contribution < 1.29 is 33.8 Å². The van der Waals surface area contributed by atoms with Crippen molar-refractivity contribution in [3.05, 3.63) is 42.1 Å². The van der Waals surface area contributed by atoms with E-state index in [4.69, 9.17) is 5.11 Å². The second-order valence-corrected chi connectivity index (χ2v) is 11.3. The van der Waals surface area contributed by atoms with Crippen LogP contribution >= 0.6 is 7.60 Å². The van der Waals surface area contributed by atoms with E-state index in [2.05, 4.69) is 25.9 Å². The number of nitrogens with one attached hydrogen (secondary N) is 3. The molecule has 1 aromatic carbocycles. The third-order valence-electron chi connectivity index (χ3n) is 5.62. The number of nitrogens with zero attached hydrogens (tertiary/aromatic N) is 3. The van der Waals surface area contributed by atoms with Crippen molar-refractivity contribution in [2.75, 3.05) is 37.7 Å². The van der Waals surface area contributed by atoms with Gasteiger partial charge in [0.1, 0.15) is 17.6 Å². The number of anilines is 1. The Kier molecular flexibility index (Phi) is 13.1. The van der Waals surface area contributed by atoms with Crippen molar-refractivity contribution in [3.8, 4) is 11.4 Å². The highest BCUT2D eigenvalue weighted by atomic mass is 31.2. The molecule has 2 aromatic rings. The van der Waals surface area contributed by atoms with Crippen LogP contribution in [0.25, 0.3) is 11.4 Å². The monoisotopic (exact) mass is 578 g/mol. The van der Waals surface area contributed by atoms with Crippen LogP contribution in [-0.2, 0) is 14.2 Å². The zero-order valence-electron chi connectivity index (χ0n) is 23.0. The number of unbranched alkanes of at least 4 members (excludes halogenated alkanes) is 1. The molecule has 2 amide bonds. The van der Waals surface area contributed by atoms with Crippen LogP contribution in [0.4, 0.5) is 5.82 Å². The second-order valence-electron chi connectivity index (χ2n) is 9.57. The zero-order valence-corrected chi connectivity index (χ0v) is 23.9. The van der Waals surface area contributed by atoms with E-state index in [1.165, 1.54) is 11.0 Å². The standard InChI is InChI=1S/C21H29N6O5P.C5H10O2/c1-14(2)23-18-12-16(24-19(26-18)15-6-4-3-5-7-15)20(28)25-17(13-33(30,31)32)21(29)27-10-8-22-9-11-27;1-2-3-4-5(6)7/h3-7,12,14,17,22H,8-11,13H2,1-2H3,(H,25,28)(H,23,24,26)(H2,30,31,32);2-4H2,1H3,(H,6,7). The maximum Gasteiger partial charge on any atom is 0.328 e. The van der Waals surface area contributed by atoms with Gasteiger partial charge in [0.05, 0.1) is 6.16 Å². The summed E-state index contributed by atoms with van der Waals surface area (Å²) in [5.41, 5.74) is 0.679. The van der Waals surface area contributed by atoms with Gasteiger partial charge in [-0.1, -0.05) is 43.7 Å². The highest BCUT2D eigenvalue weighted by molar-refractivity contribution is 7.51. The first-order valence-electron chi connectivity index (χ1n) is 13.2. The van der Waals surface area contributed by atoms with E-state index in [9.17, 15) is 28.7 Å². The lowest BCUT2D eigenvalue weighted by Gasteiger charge is -2.31. The SMILES string of the molecule is CC(C)Nc1cc(C(=O)NC(CP(=O)(O)O)C(=O)N2CCNCC2)nc(-c2ccccc2)n1.CCCCC(=O)O. The molecule has 0 aliphatic carbocycles. The normalized spacial score (nSPS) is 14.1. The quantitative estimate of drug-likeness (QED) is 0.213. The molecule has 1 aromatic heterocycles. The number of carbonyl (C=O) groups excluding carboxylic acids is 2. The zero-order chi connectivity index (χ0) is 29.7. The van der Waals surface area contributed by atoms with E-state index in [0.29, 0.717) is 49.8 Å². The van der Waals surface area contributed by atoms with Crippen LogP contribution in [0.2, 0.25) is 0 Å². The third kappa shape index (κ3) is 11.8. The Morgan fingerprint density at radius 3 is 2.27 bits per heavy atom. The first-order valence-corrected chi connectivity index (χ1v) is 15.0. The molecule has 1 aliphatic heterocycles. The van der Waals surface area contributed by atoms with E-state index in [-0.39, 0.29) is 11.7 Å². The largest absolute Gasteiger partial charge is 0.481 e. The summed E-state index contributed by atoms with van der Waals surface area (Å²) >= 11 is 0. The lowest BCUT2D eigenvalue weighted by Crippen LogP contribution is -2.55. The van der Waals surface area contributed by atoms with Gasteiger partial charge >= 0.3 is 13.6 Å². The van der Waals surface area contributed by atoms with Crippen LogP contribution < -0.4 is 16.0 Å². The number of carboxylic acids is 1. The number of carboxylic acid groups (broad SMARTS) is 1. The predicted molar refractivity (Wildman–Crippen MR) is 151 cm³/mol. The van der Waals surface area contributed by atoms with Gasteiger partial charge in [0.15, 0.2) is 5.82 Å². The number of rotatable bonds is 11. The van der Waals surface area contributed by atoms with Gasteiger partial charge in [0, 0.05) is 50.3 Å². The summed E-state index contributed by atoms with van der Waals surface area (Å²) in [7, 11) is -4.58. The minimum absolute atomic E-state index is 0.0178. The summed E-state index contributed by atoms with van der Waals surface area (Å²) in [5, 5.41) is 16.8. The Labute approximate surface area is 234 Å². The van der Waals surface area contributed by atoms with Gasteiger partial charge in [-0.25, -0.2) is 9.97 Å². The molecule has 2 heterocycles. The van der Waals surface area contributed by atoms with Crippen molar-refractivity contribution in [1.29, 1.82) is 0 Å². The molecule has 1 saturated heterocycles. The van der Waals surface area contributed by atoms with E-state index in [1.54, 1.807) is 12.1 Å². The maximum absolute atomic E-state index is 13.1. The number of piperazine rings is 1. The molecule has 13 nitrogen and oxygen atoms in total. The topological polar surface area (TPSA) is 194 Å². The van der Waals surface area contributed by atoms with E-state index >= 15 is 0 Å². The Balaban J connectivity index is 0.000000708. The van der Waals surface area contributed by atoms with Crippen LogP contribution in [0, 0.1) is 0 Å². The molecule has 1 atom stereocenters. The van der Waals surface area contributed by atoms with Gasteiger partial charge in [-0.15, -0.1) is 0 Å². The lowest BCUT2D eigenvalue weighted by atomic mass is 10.2.